The van der Waals surface area contributed by atoms with Gasteiger partial charge in [-0.05, 0) is 75.4 Å². The molecular weight excluding hydrogens is 527 g/mol. The van der Waals surface area contributed by atoms with Crippen molar-refractivity contribution in [3.8, 4) is 5.75 Å². The molecule has 2 aromatic rings. The number of alkyl carbamates (subject to hydrolysis) is 1. The Bertz CT molecular complexity index is 1100. The maximum Gasteiger partial charge on any atom is 0.573 e. The number of hydrogen-bond donors (Lipinski definition) is 1. The summed E-state index contributed by atoms with van der Waals surface area (Å²) in [5, 5.41) is 2.99. The van der Waals surface area contributed by atoms with E-state index < -0.39 is 42.1 Å². The minimum Gasteiger partial charge on any atom is -0.461 e. The van der Waals surface area contributed by atoms with Crippen LogP contribution in [0.25, 0.3) is 0 Å². The predicted octanol–water partition coefficient (Wildman–Crippen LogP) is 6.23. The molecule has 1 N–H and O–H groups in total. The highest BCUT2D eigenvalue weighted by atomic mass is 35.5. The molecule has 7 nitrogen and oxygen atoms in total. The van der Waals surface area contributed by atoms with Crippen LogP contribution in [0.3, 0.4) is 0 Å². The molecule has 208 valence electrons. The Hall–Kier alpha value is -2.98. The van der Waals surface area contributed by atoms with E-state index in [2.05, 4.69) is 10.1 Å². The summed E-state index contributed by atoms with van der Waals surface area (Å²) in [6.07, 6.45) is -5.87. The Kier molecular flexibility index (Phi) is 9.54. The van der Waals surface area contributed by atoms with Crippen LogP contribution in [0.2, 0.25) is 5.02 Å². The maximum atomic E-state index is 12.9. The zero-order valence-electron chi connectivity index (χ0n) is 21.5. The van der Waals surface area contributed by atoms with Gasteiger partial charge in [-0.15, -0.1) is 13.2 Å². The Labute approximate surface area is 224 Å². The van der Waals surface area contributed by atoms with Crippen molar-refractivity contribution >= 4 is 23.7 Å². The van der Waals surface area contributed by atoms with Gasteiger partial charge in [0.2, 0.25) is 0 Å². The van der Waals surface area contributed by atoms with Crippen molar-refractivity contribution in [1.82, 2.24) is 5.32 Å². The third-order valence-corrected chi connectivity index (χ3v) is 5.95. The molecule has 1 fully saturated rings. The second-order valence-electron chi connectivity index (χ2n) is 10.1. The van der Waals surface area contributed by atoms with E-state index in [9.17, 15) is 22.8 Å². The Balaban J connectivity index is 1.89. The quantitative estimate of drug-likeness (QED) is 0.439. The van der Waals surface area contributed by atoms with Crippen molar-refractivity contribution in [2.75, 3.05) is 13.2 Å². The molecule has 4 atom stereocenters. The fourth-order valence-corrected chi connectivity index (χ4v) is 4.45. The van der Waals surface area contributed by atoms with E-state index in [1.165, 1.54) is 18.2 Å². The molecule has 2 aromatic carbocycles. The third kappa shape index (κ3) is 9.09. The lowest BCUT2D eigenvalue weighted by molar-refractivity contribution is -0.274. The van der Waals surface area contributed by atoms with E-state index in [4.69, 9.17) is 25.8 Å². The fourth-order valence-electron chi connectivity index (χ4n) is 4.32. The maximum absolute atomic E-state index is 12.9. The van der Waals surface area contributed by atoms with Crippen LogP contribution >= 0.6 is 11.6 Å². The molecule has 1 amide bonds. The van der Waals surface area contributed by atoms with E-state index in [1.807, 2.05) is 0 Å². The summed E-state index contributed by atoms with van der Waals surface area (Å²) in [4.78, 5) is 25.0. The zero-order valence-corrected chi connectivity index (χ0v) is 22.3. The van der Waals surface area contributed by atoms with Gasteiger partial charge in [0.25, 0.3) is 0 Å². The van der Waals surface area contributed by atoms with Gasteiger partial charge in [-0.1, -0.05) is 35.9 Å². The van der Waals surface area contributed by atoms with E-state index in [0.717, 1.165) is 5.56 Å². The van der Waals surface area contributed by atoms with Crippen LogP contribution in [0.5, 0.6) is 5.75 Å². The number of amides is 1. The first kappa shape index (κ1) is 29.6. The molecule has 3 rings (SSSR count). The van der Waals surface area contributed by atoms with Crippen LogP contribution in [0.1, 0.15) is 51.2 Å². The molecule has 1 saturated heterocycles. The minimum absolute atomic E-state index is 0.130. The SMILES string of the molecule is C[C@H]1C[C@@H](C(c2ccc(Cl)cc2)c2cccc(OC(F)(F)F)c2)COC[C@H](NC(=O)OC(C)(C)C)C(=O)O1. The van der Waals surface area contributed by atoms with Gasteiger partial charge < -0.3 is 24.3 Å². The summed E-state index contributed by atoms with van der Waals surface area (Å²) in [7, 11) is 0. The highest BCUT2D eigenvalue weighted by Crippen LogP contribution is 2.38. The molecule has 0 spiro atoms. The summed E-state index contributed by atoms with van der Waals surface area (Å²) in [6.45, 7) is 6.76. The van der Waals surface area contributed by atoms with Gasteiger partial charge in [0, 0.05) is 10.9 Å². The van der Waals surface area contributed by atoms with Crippen LogP contribution < -0.4 is 10.1 Å². The monoisotopic (exact) mass is 557 g/mol. The summed E-state index contributed by atoms with van der Waals surface area (Å²) >= 11 is 6.08. The van der Waals surface area contributed by atoms with Crippen molar-refractivity contribution < 1.29 is 41.7 Å². The molecule has 1 unspecified atom stereocenters. The van der Waals surface area contributed by atoms with Crippen LogP contribution in [0.4, 0.5) is 18.0 Å². The topological polar surface area (TPSA) is 83.1 Å². The van der Waals surface area contributed by atoms with Gasteiger partial charge in [0.05, 0.1) is 19.3 Å². The average Bonchev–Trinajstić information content (AvgIpc) is 2.83. The number of halogens is 4. The highest BCUT2D eigenvalue weighted by molar-refractivity contribution is 6.30. The number of benzene rings is 2. The summed E-state index contributed by atoms with van der Waals surface area (Å²) < 4.78 is 59.6. The molecule has 0 radical (unpaired) electrons. The normalized spacial score (nSPS) is 21.8. The Morgan fingerprint density at radius 2 is 1.76 bits per heavy atom. The summed E-state index contributed by atoms with van der Waals surface area (Å²) in [6, 6.07) is 11.6. The lowest BCUT2D eigenvalue weighted by Gasteiger charge is -2.29. The largest absolute Gasteiger partial charge is 0.573 e. The molecule has 11 heteroatoms. The number of hydrogen-bond acceptors (Lipinski definition) is 6. The highest BCUT2D eigenvalue weighted by Gasteiger charge is 2.35. The number of cyclic esters (lactones) is 1. The number of nitrogens with one attached hydrogen (secondary N) is 1. The van der Waals surface area contributed by atoms with Gasteiger partial charge in [-0.25, -0.2) is 9.59 Å². The molecule has 0 aliphatic carbocycles. The third-order valence-electron chi connectivity index (χ3n) is 5.70. The van der Waals surface area contributed by atoms with E-state index in [0.29, 0.717) is 17.0 Å². The van der Waals surface area contributed by atoms with Crippen LogP contribution in [0.15, 0.2) is 48.5 Å². The van der Waals surface area contributed by atoms with Gasteiger partial charge >= 0.3 is 18.4 Å². The first-order chi connectivity index (χ1) is 17.7. The van der Waals surface area contributed by atoms with Gasteiger partial charge in [-0.3, -0.25) is 0 Å². The summed E-state index contributed by atoms with van der Waals surface area (Å²) in [5.41, 5.74) is 0.583. The standard InChI is InChI=1S/C27H31ClF3NO6/c1-16-12-19(14-35-15-22(24(33)36-16)32-25(34)38-26(2,3)4)23(17-8-10-20(28)11-9-17)18-6-5-7-21(13-18)37-27(29,30)31/h5-11,13,16,19,22-23H,12,14-15H2,1-4H3,(H,32,34)/t16-,19+,22-,23?/m0/s1. The zero-order chi connectivity index (χ0) is 28.1. The second-order valence-corrected chi connectivity index (χ2v) is 10.6. The van der Waals surface area contributed by atoms with Crippen molar-refractivity contribution in [2.24, 2.45) is 5.92 Å². The second kappa shape index (κ2) is 12.3. The molecule has 38 heavy (non-hydrogen) atoms. The van der Waals surface area contributed by atoms with Gasteiger partial charge in [0.1, 0.15) is 11.4 Å². The van der Waals surface area contributed by atoms with E-state index in [1.54, 1.807) is 58.0 Å². The fraction of sp³-hybridized carbons (Fsp3) is 0.481. The number of carbonyl (C=O) groups is 2. The number of alkyl halides is 3. The smallest absolute Gasteiger partial charge is 0.461 e. The predicted molar refractivity (Wildman–Crippen MR) is 134 cm³/mol. The Morgan fingerprint density at radius 1 is 1.08 bits per heavy atom. The number of carbonyl (C=O) groups excluding carboxylic acids is 2. The van der Waals surface area contributed by atoms with E-state index >= 15 is 0 Å². The number of ether oxygens (including phenoxy) is 4. The Morgan fingerprint density at radius 3 is 2.39 bits per heavy atom. The van der Waals surface area contributed by atoms with Crippen molar-refractivity contribution in [2.45, 2.75) is 64.1 Å². The van der Waals surface area contributed by atoms with Crippen molar-refractivity contribution in [3.05, 3.63) is 64.7 Å². The lowest BCUT2D eigenvalue weighted by Crippen LogP contribution is -2.47. The lowest BCUT2D eigenvalue weighted by atomic mass is 9.78. The first-order valence-corrected chi connectivity index (χ1v) is 12.5. The number of rotatable bonds is 5. The molecule has 1 aliphatic heterocycles. The van der Waals surface area contributed by atoms with E-state index in [-0.39, 0.29) is 24.9 Å². The average molecular weight is 558 g/mol. The molecule has 1 heterocycles. The minimum atomic E-state index is -4.84. The van der Waals surface area contributed by atoms with Crippen LogP contribution in [-0.4, -0.2) is 49.4 Å². The van der Waals surface area contributed by atoms with Crippen LogP contribution in [-0.2, 0) is 19.0 Å². The number of esters is 1. The molecular formula is C27H31ClF3NO6. The molecule has 0 bridgehead atoms. The van der Waals surface area contributed by atoms with Gasteiger partial charge in [0.15, 0.2) is 6.04 Å². The molecule has 0 saturated carbocycles. The first-order valence-electron chi connectivity index (χ1n) is 12.1. The molecule has 0 aromatic heterocycles. The van der Waals surface area contributed by atoms with Crippen molar-refractivity contribution in [3.63, 3.8) is 0 Å². The molecule has 1 aliphatic rings. The van der Waals surface area contributed by atoms with Gasteiger partial charge in [-0.2, -0.15) is 0 Å². The van der Waals surface area contributed by atoms with Crippen molar-refractivity contribution in [1.29, 1.82) is 0 Å². The summed E-state index contributed by atoms with van der Waals surface area (Å²) in [5.74, 6) is -1.78. The van der Waals surface area contributed by atoms with Crippen LogP contribution in [0, 0.1) is 5.92 Å².